The molecule has 1 aromatic rings. The van der Waals surface area contributed by atoms with Gasteiger partial charge >= 0.3 is 6.16 Å². The molecule has 0 unspecified atom stereocenters. The van der Waals surface area contributed by atoms with Crippen LogP contribution in [0.25, 0.3) is 0 Å². The van der Waals surface area contributed by atoms with Gasteiger partial charge in [0.1, 0.15) is 11.9 Å². The summed E-state index contributed by atoms with van der Waals surface area (Å²) in [4.78, 5) is 34.9. The number of non-ortho nitro benzene ring substituents is 1. The van der Waals surface area contributed by atoms with Crippen molar-refractivity contribution >= 4 is 17.7 Å². The standard InChI is InChI=1S/C14H14N2O6/c17-13(9-1-2-9)15-7-12(8-15)22-14(18)21-11-5-3-10(4-6-11)16(19)20/h3-6,9,12H,1-2,7-8H2. The van der Waals surface area contributed by atoms with Crippen molar-refractivity contribution in [1.29, 1.82) is 0 Å². The number of hydrogen-bond acceptors (Lipinski definition) is 6. The molecular weight excluding hydrogens is 292 g/mol. The van der Waals surface area contributed by atoms with Crippen LogP contribution in [-0.2, 0) is 9.53 Å². The van der Waals surface area contributed by atoms with E-state index in [4.69, 9.17) is 9.47 Å². The summed E-state index contributed by atoms with van der Waals surface area (Å²) < 4.78 is 9.98. The Bertz CT molecular complexity index is 604. The van der Waals surface area contributed by atoms with E-state index < -0.39 is 11.1 Å². The Morgan fingerprint density at radius 1 is 1.18 bits per heavy atom. The number of nitro benzene ring substituents is 1. The molecule has 1 aliphatic carbocycles. The Morgan fingerprint density at radius 2 is 1.82 bits per heavy atom. The smallest absolute Gasteiger partial charge is 0.427 e. The SMILES string of the molecule is O=C(Oc1ccc([N+](=O)[O-])cc1)OC1CN(C(=O)C2CC2)C1. The number of benzene rings is 1. The maximum atomic E-state index is 11.7. The largest absolute Gasteiger partial charge is 0.514 e. The van der Waals surface area contributed by atoms with Crippen LogP contribution < -0.4 is 4.74 Å². The predicted octanol–water partition coefficient (Wildman–Crippen LogP) is 1.73. The molecule has 1 saturated carbocycles. The Hall–Kier alpha value is -2.64. The second-order valence-corrected chi connectivity index (χ2v) is 5.36. The topological polar surface area (TPSA) is 99.0 Å². The van der Waals surface area contributed by atoms with Gasteiger partial charge in [-0.05, 0) is 25.0 Å². The number of hydrogen-bond donors (Lipinski definition) is 0. The molecule has 0 spiro atoms. The molecule has 0 atom stereocenters. The van der Waals surface area contributed by atoms with Crippen molar-refractivity contribution in [2.75, 3.05) is 13.1 Å². The Balaban J connectivity index is 1.43. The van der Waals surface area contributed by atoms with Gasteiger partial charge in [0.25, 0.3) is 5.69 Å². The van der Waals surface area contributed by atoms with Crippen LogP contribution in [0.15, 0.2) is 24.3 Å². The minimum absolute atomic E-state index is 0.0889. The van der Waals surface area contributed by atoms with E-state index in [9.17, 15) is 19.7 Å². The Labute approximate surface area is 125 Å². The van der Waals surface area contributed by atoms with Crippen molar-refractivity contribution in [3.8, 4) is 5.75 Å². The molecular formula is C14H14N2O6. The number of carbonyl (C=O) groups excluding carboxylic acids is 2. The van der Waals surface area contributed by atoms with Crippen LogP contribution in [0.2, 0.25) is 0 Å². The molecule has 8 nitrogen and oxygen atoms in total. The van der Waals surface area contributed by atoms with Crippen LogP contribution in [-0.4, -0.2) is 41.1 Å². The highest BCUT2D eigenvalue weighted by atomic mass is 16.7. The normalized spacial score (nSPS) is 17.5. The van der Waals surface area contributed by atoms with Crippen LogP contribution >= 0.6 is 0 Å². The minimum atomic E-state index is -0.877. The zero-order chi connectivity index (χ0) is 15.7. The Morgan fingerprint density at radius 3 is 2.36 bits per heavy atom. The quantitative estimate of drug-likeness (QED) is 0.363. The number of rotatable bonds is 4. The summed E-state index contributed by atoms with van der Waals surface area (Å²) in [6.45, 7) is 0.787. The average molecular weight is 306 g/mol. The lowest BCUT2D eigenvalue weighted by Gasteiger charge is -2.38. The van der Waals surface area contributed by atoms with E-state index >= 15 is 0 Å². The fraction of sp³-hybridized carbons (Fsp3) is 0.429. The lowest BCUT2D eigenvalue weighted by Crippen LogP contribution is -2.56. The van der Waals surface area contributed by atoms with Crippen molar-refractivity contribution in [3.63, 3.8) is 0 Å². The number of carbonyl (C=O) groups is 2. The number of nitrogens with zero attached hydrogens (tertiary/aromatic N) is 2. The third-order valence-corrected chi connectivity index (χ3v) is 3.60. The van der Waals surface area contributed by atoms with E-state index in [1.807, 2.05) is 0 Å². The van der Waals surface area contributed by atoms with E-state index in [2.05, 4.69) is 0 Å². The second-order valence-electron chi connectivity index (χ2n) is 5.36. The van der Waals surface area contributed by atoms with Gasteiger partial charge in [-0.2, -0.15) is 0 Å². The molecule has 0 bridgehead atoms. The molecule has 1 aromatic carbocycles. The van der Waals surface area contributed by atoms with E-state index in [0.717, 1.165) is 12.8 Å². The zero-order valence-electron chi connectivity index (χ0n) is 11.6. The summed E-state index contributed by atoms with van der Waals surface area (Å²) in [5.74, 6) is 0.456. The van der Waals surface area contributed by atoms with Crippen LogP contribution in [0, 0.1) is 16.0 Å². The Kier molecular flexibility index (Phi) is 3.66. The molecule has 0 aromatic heterocycles. The van der Waals surface area contributed by atoms with Gasteiger partial charge in [0.05, 0.1) is 18.0 Å². The average Bonchev–Trinajstić information content (AvgIpc) is 3.26. The lowest BCUT2D eigenvalue weighted by molar-refractivity contribution is -0.384. The third-order valence-electron chi connectivity index (χ3n) is 3.60. The zero-order valence-corrected chi connectivity index (χ0v) is 11.6. The molecule has 8 heteroatoms. The second kappa shape index (κ2) is 5.63. The van der Waals surface area contributed by atoms with Crippen LogP contribution in [0.4, 0.5) is 10.5 Å². The minimum Gasteiger partial charge on any atom is -0.427 e. The number of nitro groups is 1. The molecule has 1 heterocycles. The first kappa shape index (κ1) is 14.3. The monoisotopic (exact) mass is 306 g/mol. The summed E-state index contributed by atoms with van der Waals surface area (Å²) in [5, 5.41) is 10.5. The van der Waals surface area contributed by atoms with E-state index in [1.165, 1.54) is 24.3 Å². The predicted molar refractivity (Wildman–Crippen MR) is 73.3 cm³/mol. The van der Waals surface area contributed by atoms with Crippen LogP contribution in [0.5, 0.6) is 5.75 Å². The lowest BCUT2D eigenvalue weighted by atomic mass is 10.1. The van der Waals surface area contributed by atoms with Crippen LogP contribution in [0.3, 0.4) is 0 Å². The maximum absolute atomic E-state index is 11.7. The number of likely N-dealkylation sites (tertiary alicyclic amines) is 1. The van der Waals surface area contributed by atoms with Gasteiger partial charge in [0.15, 0.2) is 0 Å². The molecule has 2 fully saturated rings. The molecule has 1 saturated heterocycles. The summed E-state index contributed by atoms with van der Waals surface area (Å²) in [5.41, 5.74) is -0.0889. The molecule has 1 aliphatic heterocycles. The van der Waals surface area contributed by atoms with Gasteiger partial charge in [-0.15, -0.1) is 0 Å². The summed E-state index contributed by atoms with van der Waals surface area (Å²) >= 11 is 0. The summed E-state index contributed by atoms with van der Waals surface area (Å²) in [7, 11) is 0. The van der Waals surface area contributed by atoms with Gasteiger partial charge in [-0.1, -0.05) is 0 Å². The van der Waals surface area contributed by atoms with Crippen molar-refractivity contribution in [1.82, 2.24) is 4.90 Å². The number of ether oxygens (including phenoxy) is 2. The highest BCUT2D eigenvalue weighted by molar-refractivity contribution is 5.82. The highest BCUT2D eigenvalue weighted by Crippen LogP contribution is 2.32. The van der Waals surface area contributed by atoms with Gasteiger partial charge < -0.3 is 14.4 Å². The molecule has 0 N–H and O–H groups in total. The maximum Gasteiger partial charge on any atom is 0.514 e. The van der Waals surface area contributed by atoms with Gasteiger partial charge in [-0.25, -0.2) is 4.79 Å². The van der Waals surface area contributed by atoms with E-state index in [-0.39, 0.29) is 29.4 Å². The first-order valence-electron chi connectivity index (χ1n) is 6.94. The summed E-state index contributed by atoms with van der Waals surface area (Å²) in [6, 6.07) is 5.12. The van der Waals surface area contributed by atoms with Crippen molar-refractivity contribution in [2.24, 2.45) is 5.92 Å². The fourth-order valence-electron chi connectivity index (χ4n) is 2.17. The van der Waals surface area contributed by atoms with Gasteiger partial charge in [0, 0.05) is 18.1 Å². The fourth-order valence-corrected chi connectivity index (χ4v) is 2.17. The molecule has 3 rings (SSSR count). The van der Waals surface area contributed by atoms with Crippen molar-refractivity contribution in [3.05, 3.63) is 34.4 Å². The molecule has 22 heavy (non-hydrogen) atoms. The molecule has 116 valence electrons. The van der Waals surface area contributed by atoms with Crippen molar-refractivity contribution in [2.45, 2.75) is 18.9 Å². The van der Waals surface area contributed by atoms with Gasteiger partial charge in [-0.3, -0.25) is 14.9 Å². The number of amides is 1. The first-order chi connectivity index (χ1) is 10.5. The summed E-state index contributed by atoms with van der Waals surface area (Å²) in [6.07, 6.45) is 0.664. The van der Waals surface area contributed by atoms with Crippen molar-refractivity contribution < 1.29 is 24.0 Å². The highest BCUT2D eigenvalue weighted by Gasteiger charge is 2.40. The molecule has 1 amide bonds. The van der Waals surface area contributed by atoms with Gasteiger partial charge in [0.2, 0.25) is 5.91 Å². The van der Waals surface area contributed by atoms with E-state index in [1.54, 1.807) is 4.90 Å². The molecule has 0 radical (unpaired) electrons. The van der Waals surface area contributed by atoms with Crippen LogP contribution in [0.1, 0.15) is 12.8 Å². The first-order valence-corrected chi connectivity index (χ1v) is 6.94. The molecule has 2 aliphatic rings. The van der Waals surface area contributed by atoms with E-state index in [0.29, 0.717) is 13.1 Å². The third kappa shape index (κ3) is 3.16.